The Morgan fingerprint density at radius 3 is 2.61 bits per heavy atom. The van der Waals surface area contributed by atoms with Crippen molar-refractivity contribution in [3.8, 4) is 0 Å². The highest BCUT2D eigenvalue weighted by Gasteiger charge is 2.35. The van der Waals surface area contributed by atoms with Crippen LogP contribution in [0.4, 0.5) is 0 Å². The van der Waals surface area contributed by atoms with Crippen LogP contribution < -0.4 is 5.63 Å². The minimum absolute atomic E-state index is 0.0921. The van der Waals surface area contributed by atoms with Crippen LogP contribution in [-0.4, -0.2) is 26.2 Å². The van der Waals surface area contributed by atoms with Crippen LogP contribution in [0.2, 0.25) is 0 Å². The van der Waals surface area contributed by atoms with Crippen LogP contribution in [0.15, 0.2) is 39.1 Å². The van der Waals surface area contributed by atoms with Crippen molar-refractivity contribution in [2.24, 2.45) is 5.92 Å². The first-order chi connectivity index (χ1) is 11.1. The average molecular weight is 314 g/mol. The molecule has 118 valence electrons. The van der Waals surface area contributed by atoms with Crippen LogP contribution in [0.5, 0.6) is 0 Å². The number of ether oxygens (including phenoxy) is 2. The fourth-order valence-corrected chi connectivity index (χ4v) is 2.84. The van der Waals surface area contributed by atoms with Crippen LogP contribution in [0.1, 0.15) is 11.1 Å². The lowest BCUT2D eigenvalue weighted by atomic mass is 9.82. The first-order valence-corrected chi connectivity index (χ1v) is 6.99. The molecule has 1 aliphatic carbocycles. The summed E-state index contributed by atoms with van der Waals surface area (Å²) in [4.78, 5) is 36.2. The Kier molecular flexibility index (Phi) is 3.73. The van der Waals surface area contributed by atoms with Gasteiger partial charge in [0.1, 0.15) is 5.58 Å². The quantitative estimate of drug-likeness (QED) is 0.620. The summed E-state index contributed by atoms with van der Waals surface area (Å²) in [5, 5.41) is 0.733. The second-order valence-corrected chi connectivity index (χ2v) is 5.15. The molecule has 0 saturated carbocycles. The molecule has 3 rings (SSSR count). The molecule has 6 nitrogen and oxygen atoms in total. The van der Waals surface area contributed by atoms with E-state index in [0.29, 0.717) is 11.1 Å². The van der Waals surface area contributed by atoms with Crippen molar-refractivity contribution in [1.82, 2.24) is 0 Å². The first-order valence-electron chi connectivity index (χ1n) is 6.99. The van der Waals surface area contributed by atoms with Crippen molar-refractivity contribution in [3.63, 3.8) is 0 Å². The van der Waals surface area contributed by atoms with E-state index in [1.165, 1.54) is 20.3 Å². The van der Waals surface area contributed by atoms with Gasteiger partial charge in [-0.3, -0.25) is 4.79 Å². The van der Waals surface area contributed by atoms with Crippen molar-refractivity contribution in [2.45, 2.75) is 6.42 Å². The maximum Gasteiger partial charge on any atom is 0.343 e. The monoisotopic (exact) mass is 314 g/mol. The molecule has 0 aliphatic heterocycles. The number of rotatable bonds is 2. The van der Waals surface area contributed by atoms with Gasteiger partial charge < -0.3 is 13.9 Å². The molecule has 0 N–H and O–H groups in total. The average Bonchev–Trinajstić information content (AvgIpc) is 2.59. The molecule has 23 heavy (non-hydrogen) atoms. The lowest BCUT2D eigenvalue weighted by Gasteiger charge is -2.22. The van der Waals surface area contributed by atoms with Gasteiger partial charge in [-0.1, -0.05) is 18.2 Å². The number of hydrogen-bond donors (Lipinski definition) is 0. The van der Waals surface area contributed by atoms with Gasteiger partial charge in [0, 0.05) is 5.39 Å². The number of fused-ring (bicyclic) bond motifs is 3. The minimum Gasteiger partial charge on any atom is -0.469 e. The number of carbonyl (C=O) groups excluding carboxylic acids is 2. The highest BCUT2D eigenvalue weighted by atomic mass is 16.5. The van der Waals surface area contributed by atoms with Gasteiger partial charge in [-0.05, 0) is 24.1 Å². The summed E-state index contributed by atoms with van der Waals surface area (Å²) >= 11 is 0. The zero-order valence-electron chi connectivity index (χ0n) is 12.6. The van der Waals surface area contributed by atoms with Crippen molar-refractivity contribution >= 4 is 29.0 Å². The molecule has 1 aromatic carbocycles. The summed E-state index contributed by atoms with van der Waals surface area (Å²) < 4.78 is 14.8. The molecular formula is C17H14O6. The number of methoxy groups -OCH3 is 2. The zero-order valence-corrected chi connectivity index (χ0v) is 12.6. The third kappa shape index (κ3) is 2.42. The van der Waals surface area contributed by atoms with Gasteiger partial charge >= 0.3 is 17.6 Å². The van der Waals surface area contributed by atoms with Crippen LogP contribution in [0, 0.1) is 5.92 Å². The van der Waals surface area contributed by atoms with E-state index in [1.54, 1.807) is 12.1 Å². The maximum atomic E-state index is 12.2. The molecular weight excluding hydrogens is 300 g/mol. The smallest absolute Gasteiger partial charge is 0.343 e. The highest BCUT2D eigenvalue weighted by molar-refractivity contribution is 6.02. The fraction of sp³-hybridized carbons (Fsp3) is 0.235. The molecule has 2 aromatic rings. The van der Waals surface area contributed by atoms with E-state index in [0.717, 1.165) is 5.39 Å². The topological polar surface area (TPSA) is 82.8 Å². The van der Waals surface area contributed by atoms with Gasteiger partial charge in [0.05, 0.1) is 31.3 Å². The van der Waals surface area contributed by atoms with Gasteiger partial charge in [0.25, 0.3) is 0 Å². The number of para-hydroxylation sites is 1. The summed E-state index contributed by atoms with van der Waals surface area (Å²) in [6.45, 7) is 0. The molecule has 0 saturated heterocycles. The van der Waals surface area contributed by atoms with Gasteiger partial charge in [-0.15, -0.1) is 0 Å². The molecule has 1 unspecified atom stereocenters. The van der Waals surface area contributed by atoms with Crippen molar-refractivity contribution < 1.29 is 23.5 Å². The van der Waals surface area contributed by atoms with Gasteiger partial charge in [0.15, 0.2) is 0 Å². The minimum atomic E-state index is -0.815. The Labute approximate surface area is 131 Å². The van der Waals surface area contributed by atoms with Gasteiger partial charge in [-0.25, -0.2) is 9.59 Å². The Morgan fingerprint density at radius 1 is 1.17 bits per heavy atom. The lowest BCUT2D eigenvalue weighted by molar-refractivity contribution is -0.147. The third-order valence-corrected chi connectivity index (χ3v) is 3.95. The maximum absolute atomic E-state index is 12.2. The Bertz CT molecular complexity index is 890. The van der Waals surface area contributed by atoms with Crippen LogP contribution in [0.25, 0.3) is 17.0 Å². The third-order valence-electron chi connectivity index (χ3n) is 3.95. The molecule has 0 radical (unpaired) electrons. The standard InChI is InChI=1S/C17H14O6/c1-21-15(18)12-7-10-9-5-3-4-6-14(9)23-17(20)11(10)8-13(12)16(19)22-2/h3-6,8,12H,7H2,1-2H3. The number of carbonyl (C=O) groups is 2. The van der Waals surface area contributed by atoms with Crippen molar-refractivity contribution in [2.75, 3.05) is 14.2 Å². The predicted molar refractivity (Wildman–Crippen MR) is 81.7 cm³/mol. The van der Waals surface area contributed by atoms with Crippen LogP contribution >= 0.6 is 0 Å². The molecule has 0 fully saturated rings. The van der Waals surface area contributed by atoms with Crippen LogP contribution in [0.3, 0.4) is 0 Å². The number of esters is 2. The predicted octanol–water partition coefficient (Wildman–Crippen LogP) is 1.69. The molecule has 1 aliphatic rings. The van der Waals surface area contributed by atoms with E-state index in [-0.39, 0.29) is 17.6 Å². The lowest BCUT2D eigenvalue weighted by Crippen LogP contribution is -2.30. The molecule has 1 aromatic heterocycles. The van der Waals surface area contributed by atoms with Crippen molar-refractivity contribution in [1.29, 1.82) is 0 Å². The van der Waals surface area contributed by atoms with Crippen LogP contribution in [-0.2, 0) is 25.5 Å². The van der Waals surface area contributed by atoms with Gasteiger partial charge in [-0.2, -0.15) is 0 Å². The summed E-state index contributed by atoms with van der Waals surface area (Å²) in [5.41, 5.74) is 0.914. The SMILES string of the molecule is COC(=O)C1=Cc2c(c3ccccc3oc2=O)CC1C(=O)OC. The summed E-state index contributed by atoms with van der Waals surface area (Å²) in [6, 6.07) is 7.06. The van der Waals surface area contributed by atoms with E-state index in [1.807, 2.05) is 12.1 Å². The van der Waals surface area contributed by atoms with Crippen molar-refractivity contribution in [3.05, 3.63) is 51.4 Å². The second-order valence-electron chi connectivity index (χ2n) is 5.15. The number of hydrogen-bond acceptors (Lipinski definition) is 6. The summed E-state index contributed by atoms with van der Waals surface area (Å²) in [5.74, 6) is -2.03. The zero-order chi connectivity index (χ0) is 16.6. The fourth-order valence-electron chi connectivity index (χ4n) is 2.84. The van der Waals surface area contributed by atoms with E-state index in [2.05, 4.69) is 0 Å². The first kappa shape index (κ1) is 15.0. The molecule has 0 amide bonds. The Balaban J connectivity index is 2.28. The molecule has 1 heterocycles. The molecule has 0 bridgehead atoms. The largest absolute Gasteiger partial charge is 0.469 e. The molecule has 6 heteroatoms. The second kappa shape index (κ2) is 5.72. The Morgan fingerprint density at radius 2 is 1.91 bits per heavy atom. The number of benzene rings is 1. The van der Waals surface area contributed by atoms with Gasteiger partial charge in [0.2, 0.25) is 0 Å². The van der Waals surface area contributed by atoms with E-state index >= 15 is 0 Å². The Hall–Kier alpha value is -2.89. The van der Waals surface area contributed by atoms with E-state index < -0.39 is 23.5 Å². The molecule has 1 atom stereocenters. The molecule has 0 spiro atoms. The van der Waals surface area contributed by atoms with E-state index in [9.17, 15) is 14.4 Å². The summed E-state index contributed by atoms with van der Waals surface area (Å²) in [6.07, 6.45) is 1.54. The van der Waals surface area contributed by atoms with E-state index in [4.69, 9.17) is 13.9 Å². The highest BCUT2D eigenvalue weighted by Crippen LogP contribution is 2.32. The summed E-state index contributed by atoms with van der Waals surface area (Å²) in [7, 11) is 2.47. The normalized spacial score (nSPS) is 16.4.